The molecular weight excluding hydrogens is 274 g/mol. The van der Waals surface area contributed by atoms with E-state index in [2.05, 4.69) is 36.2 Å². The van der Waals surface area contributed by atoms with Gasteiger partial charge in [-0.3, -0.25) is 4.79 Å². The fourth-order valence-electron chi connectivity index (χ4n) is 2.91. The molecule has 122 valence electrons. The molecule has 1 unspecified atom stereocenters. The van der Waals surface area contributed by atoms with Crippen LogP contribution in [0.1, 0.15) is 33.6 Å². The number of likely N-dealkylation sites (tertiary alicyclic amines) is 1. The summed E-state index contributed by atoms with van der Waals surface area (Å²) in [6, 6.07) is 10.5. The van der Waals surface area contributed by atoms with Gasteiger partial charge in [-0.15, -0.1) is 0 Å². The lowest BCUT2D eigenvalue weighted by Gasteiger charge is -2.40. The van der Waals surface area contributed by atoms with Gasteiger partial charge in [0.1, 0.15) is 0 Å². The third-order valence-corrected chi connectivity index (χ3v) is 4.69. The van der Waals surface area contributed by atoms with Crippen LogP contribution in [-0.4, -0.2) is 43.0 Å². The highest BCUT2D eigenvalue weighted by atomic mass is 16.2. The van der Waals surface area contributed by atoms with E-state index in [4.69, 9.17) is 5.73 Å². The fraction of sp³-hybridized carbons (Fsp3) is 0.611. The van der Waals surface area contributed by atoms with Gasteiger partial charge < -0.3 is 15.5 Å². The van der Waals surface area contributed by atoms with Crippen LogP contribution in [0.15, 0.2) is 30.3 Å². The summed E-state index contributed by atoms with van der Waals surface area (Å²) in [4.78, 5) is 16.7. The maximum absolute atomic E-state index is 12.5. The molecule has 1 aliphatic rings. The molecule has 1 fully saturated rings. The van der Waals surface area contributed by atoms with Gasteiger partial charge in [0.25, 0.3) is 0 Å². The van der Waals surface area contributed by atoms with Gasteiger partial charge in [0.05, 0.1) is 6.04 Å². The molecular formula is C18H29N3O. The third-order valence-electron chi connectivity index (χ3n) is 4.69. The van der Waals surface area contributed by atoms with E-state index in [1.165, 1.54) is 5.69 Å². The zero-order chi connectivity index (χ0) is 16.3. The number of hydrogen-bond acceptors (Lipinski definition) is 3. The number of nitrogens with two attached hydrogens (primary N) is 1. The summed E-state index contributed by atoms with van der Waals surface area (Å²) < 4.78 is 0. The van der Waals surface area contributed by atoms with Crippen LogP contribution in [0.4, 0.5) is 5.69 Å². The van der Waals surface area contributed by atoms with Gasteiger partial charge in [-0.1, -0.05) is 39.0 Å². The van der Waals surface area contributed by atoms with Crippen molar-refractivity contribution in [2.24, 2.45) is 11.1 Å². The SMILES string of the molecule is CN(c1ccccc1)C1CCN(C(=O)C(N)C(C)(C)C)CC1. The first-order valence-corrected chi connectivity index (χ1v) is 8.13. The highest BCUT2D eigenvalue weighted by Gasteiger charge is 2.33. The Balaban J connectivity index is 1.92. The van der Waals surface area contributed by atoms with Crippen molar-refractivity contribution in [3.63, 3.8) is 0 Å². The average molecular weight is 303 g/mol. The highest BCUT2D eigenvalue weighted by Crippen LogP contribution is 2.24. The van der Waals surface area contributed by atoms with E-state index in [-0.39, 0.29) is 11.3 Å². The minimum atomic E-state index is -0.420. The molecule has 2 rings (SSSR count). The molecule has 0 saturated carbocycles. The Morgan fingerprint density at radius 1 is 1.23 bits per heavy atom. The second-order valence-corrected chi connectivity index (χ2v) is 7.35. The number of carbonyl (C=O) groups is 1. The zero-order valence-corrected chi connectivity index (χ0v) is 14.2. The van der Waals surface area contributed by atoms with Crippen molar-refractivity contribution < 1.29 is 4.79 Å². The number of benzene rings is 1. The van der Waals surface area contributed by atoms with E-state index in [9.17, 15) is 4.79 Å². The topological polar surface area (TPSA) is 49.6 Å². The quantitative estimate of drug-likeness (QED) is 0.933. The largest absolute Gasteiger partial charge is 0.371 e. The van der Waals surface area contributed by atoms with Crippen LogP contribution in [0.2, 0.25) is 0 Å². The summed E-state index contributed by atoms with van der Waals surface area (Å²) in [5.74, 6) is 0.0910. The van der Waals surface area contributed by atoms with Gasteiger partial charge in [0, 0.05) is 31.9 Å². The standard InChI is InChI=1S/C18H29N3O/c1-18(2,3)16(19)17(22)21-12-10-15(11-13-21)20(4)14-8-6-5-7-9-14/h5-9,15-16H,10-13,19H2,1-4H3. The van der Waals surface area contributed by atoms with Gasteiger partial charge in [-0.25, -0.2) is 0 Å². The number of hydrogen-bond donors (Lipinski definition) is 1. The molecule has 1 amide bonds. The number of piperidine rings is 1. The molecule has 1 heterocycles. The molecule has 0 aliphatic carbocycles. The Bertz CT molecular complexity index is 487. The van der Waals surface area contributed by atoms with Crippen LogP contribution in [-0.2, 0) is 4.79 Å². The zero-order valence-electron chi connectivity index (χ0n) is 14.2. The van der Waals surface area contributed by atoms with Gasteiger partial charge in [0.2, 0.25) is 5.91 Å². The number of nitrogens with zero attached hydrogens (tertiary/aromatic N) is 2. The van der Waals surface area contributed by atoms with E-state index in [1.807, 2.05) is 31.7 Å². The van der Waals surface area contributed by atoms with Crippen molar-refractivity contribution in [2.45, 2.75) is 45.7 Å². The maximum Gasteiger partial charge on any atom is 0.240 e. The monoisotopic (exact) mass is 303 g/mol. The van der Waals surface area contributed by atoms with E-state index in [0.717, 1.165) is 25.9 Å². The number of amides is 1. The summed E-state index contributed by atoms with van der Waals surface area (Å²) in [5, 5.41) is 0. The normalized spacial score (nSPS) is 18.1. The summed E-state index contributed by atoms with van der Waals surface area (Å²) in [6.07, 6.45) is 1.99. The molecule has 22 heavy (non-hydrogen) atoms. The Morgan fingerprint density at radius 2 is 1.77 bits per heavy atom. The minimum absolute atomic E-state index is 0.0910. The lowest BCUT2D eigenvalue weighted by atomic mass is 9.86. The molecule has 1 aliphatic heterocycles. The van der Waals surface area contributed by atoms with Crippen LogP contribution >= 0.6 is 0 Å². The van der Waals surface area contributed by atoms with E-state index in [1.54, 1.807) is 0 Å². The first-order valence-electron chi connectivity index (χ1n) is 8.13. The first kappa shape index (κ1) is 16.8. The second kappa shape index (κ2) is 6.69. The van der Waals surface area contributed by atoms with Crippen molar-refractivity contribution in [2.75, 3.05) is 25.0 Å². The predicted molar refractivity (Wildman–Crippen MR) is 91.9 cm³/mol. The molecule has 0 radical (unpaired) electrons. The Labute approximate surface area is 134 Å². The van der Waals surface area contributed by atoms with Crippen LogP contribution in [0, 0.1) is 5.41 Å². The second-order valence-electron chi connectivity index (χ2n) is 7.35. The number of anilines is 1. The fourth-order valence-corrected chi connectivity index (χ4v) is 2.91. The molecule has 4 nitrogen and oxygen atoms in total. The van der Waals surface area contributed by atoms with Gasteiger partial charge >= 0.3 is 0 Å². The van der Waals surface area contributed by atoms with Crippen molar-refractivity contribution >= 4 is 11.6 Å². The van der Waals surface area contributed by atoms with Gasteiger partial charge in [0.15, 0.2) is 0 Å². The number of carbonyl (C=O) groups excluding carboxylic acids is 1. The van der Waals surface area contributed by atoms with E-state index < -0.39 is 6.04 Å². The van der Waals surface area contributed by atoms with Gasteiger partial charge in [-0.05, 0) is 30.4 Å². The number of rotatable bonds is 3. The molecule has 0 bridgehead atoms. The molecule has 4 heteroatoms. The summed E-state index contributed by atoms with van der Waals surface area (Å²) in [6.45, 7) is 7.65. The van der Waals surface area contributed by atoms with Crippen LogP contribution in [0.25, 0.3) is 0 Å². The minimum Gasteiger partial charge on any atom is -0.371 e. The van der Waals surface area contributed by atoms with E-state index >= 15 is 0 Å². The Hall–Kier alpha value is -1.55. The third kappa shape index (κ3) is 3.80. The smallest absolute Gasteiger partial charge is 0.240 e. The summed E-state index contributed by atoms with van der Waals surface area (Å²) in [7, 11) is 2.14. The molecule has 1 aromatic carbocycles. The molecule has 1 atom stereocenters. The highest BCUT2D eigenvalue weighted by molar-refractivity contribution is 5.82. The first-order chi connectivity index (χ1) is 10.3. The lowest BCUT2D eigenvalue weighted by molar-refractivity contribution is -0.136. The van der Waals surface area contributed by atoms with Crippen molar-refractivity contribution in [1.29, 1.82) is 0 Å². The molecule has 1 aromatic rings. The van der Waals surface area contributed by atoms with Crippen LogP contribution in [0.3, 0.4) is 0 Å². The van der Waals surface area contributed by atoms with Gasteiger partial charge in [-0.2, -0.15) is 0 Å². The summed E-state index contributed by atoms with van der Waals surface area (Å²) >= 11 is 0. The lowest BCUT2D eigenvalue weighted by Crippen LogP contribution is -2.54. The van der Waals surface area contributed by atoms with Crippen molar-refractivity contribution in [1.82, 2.24) is 4.90 Å². The van der Waals surface area contributed by atoms with Crippen molar-refractivity contribution in [3.05, 3.63) is 30.3 Å². The maximum atomic E-state index is 12.5. The molecule has 1 saturated heterocycles. The molecule has 2 N–H and O–H groups in total. The van der Waals surface area contributed by atoms with E-state index in [0.29, 0.717) is 6.04 Å². The molecule has 0 spiro atoms. The predicted octanol–water partition coefficient (Wildman–Crippen LogP) is 2.49. The van der Waals surface area contributed by atoms with Crippen molar-refractivity contribution in [3.8, 4) is 0 Å². The average Bonchev–Trinajstić information content (AvgIpc) is 2.53. The Kier molecular flexibility index (Phi) is 5.12. The summed E-state index contributed by atoms with van der Waals surface area (Å²) in [5.41, 5.74) is 7.16. The van der Waals surface area contributed by atoms with Crippen LogP contribution < -0.4 is 10.6 Å². The van der Waals surface area contributed by atoms with Crippen LogP contribution in [0.5, 0.6) is 0 Å². The Morgan fingerprint density at radius 3 is 2.27 bits per heavy atom. The number of para-hydroxylation sites is 1. The molecule has 0 aromatic heterocycles.